The van der Waals surface area contributed by atoms with Crippen LogP contribution >= 0.6 is 10.7 Å². The highest BCUT2D eigenvalue weighted by Crippen LogP contribution is 2.10. The van der Waals surface area contributed by atoms with Crippen LogP contribution in [0.25, 0.3) is 0 Å². The van der Waals surface area contributed by atoms with E-state index in [0.717, 1.165) is 0 Å². The van der Waals surface area contributed by atoms with E-state index >= 15 is 0 Å². The highest BCUT2D eigenvalue weighted by molar-refractivity contribution is 8.15. The SMILES string of the molecule is O=[SH](F)(F)Cl. The van der Waals surface area contributed by atoms with Gasteiger partial charge in [0.2, 0.25) is 9.92 Å². The molecule has 0 amide bonds. The fraction of sp³-hybridized carbons (Fsp3) is 0. The second kappa shape index (κ2) is 1.18. The molecule has 0 radical (unpaired) electrons. The topological polar surface area (TPSA) is 17.1 Å². The molecule has 0 N–H and O–H groups in total. The molecule has 0 aromatic rings. The Balaban J connectivity index is 3.47. The van der Waals surface area contributed by atoms with Gasteiger partial charge < -0.3 is 0 Å². The summed E-state index contributed by atoms with van der Waals surface area (Å²) in [6.07, 6.45) is 0. The van der Waals surface area contributed by atoms with Gasteiger partial charge in [0.05, 0.1) is 0 Å². The lowest BCUT2D eigenvalue weighted by Crippen LogP contribution is -1.71. The number of rotatable bonds is 0. The number of thiol groups is 1. The van der Waals surface area contributed by atoms with Gasteiger partial charge in [-0.3, -0.25) is 0 Å². The molecule has 0 saturated heterocycles. The molecule has 0 bridgehead atoms. The van der Waals surface area contributed by atoms with Gasteiger partial charge >= 0.3 is 0 Å². The molecule has 0 spiro atoms. The minimum Gasteiger partial charge on any atom is -0.210 e. The monoisotopic (exact) mass is 122 g/mol. The Morgan fingerprint density at radius 1 is 1.60 bits per heavy atom. The van der Waals surface area contributed by atoms with Crippen LogP contribution in [-0.2, 0) is 9.92 Å². The van der Waals surface area contributed by atoms with Gasteiger partial charge in [-0.2, -0.15) is 0 Å². The van der Waals surface area contributed by atoms with Gasteiger partial charge in [0.25, 0.3) is 0 Å². The Kier molecular flexibility index (Phi) is 1.25. The molecular weight excluding hydrogens is 122 g/mol. The van der Waals surface area contributed by atoms with E-state index in [9.17, 15) is 7.77 Å². The van der Waals surface area contributed by atoms with Crippen LogP contribution in [0.15, 0.2) is 0 Å². The van der Waals surface area contributed by atoms with Crippen molar-refractivity contribution in [3.63, 3.8) is 0 Å². The van der Waals surface area contributed by atoms with Crippen LogP contribution in [0.2, 0.25) is 0 Å². The molecule has 34 valence electrons. The zero-order valence-corrected chi connectivity index (χ0v) is 3.64. The molecule has 0 aromatic carbocycles. The van der Waals surface area contributed by atoms with Crippen molar-refractivity contribution in [2.24, 2.45) is 0 Å². The zero-order valence-electron chi connectivity index (χ0n) is 1.99. The molecule has 0 rings (SSSR count). The fourth-order valence-corrected chi connectivity index (χ4v) is 0. The predicted octanol–water partition coefficient (Wildman–Crippen LogP) is 0.926. The first-order chi connectivity index (χ1) is 2.00. The Morgan fingerprint density at radius 3 is 1.60 bits per heavy atom. The van der Waals surface area contributed by atoms with E-state index in [1.54, 1.807) is 0 Å². The summed E-state index contributed by atoms with van der Waals surface area (Å²) in [6, 6.07) is 0. The summed E-state index contributed by atoms with van der Waals surface area (Å²) >= 11 is 0. The maximum Gasteiger partial charge on any atom is 0.223 e. The van der Waals surface area contributed by atoms with Crippen LogP contribution in [0, 0.1) is 0 Å². The molecule has 0 aliphatic rings. The number of hydrogen-bond donors (Lipinski definition) is 1. The Labute approximate surface area is 33.4 Å². The third-order valence-corrected chi connectivity index (χ3v) is 0. The van der Waals surface area contributed by atoms with E-state index in [0.29, 0.717) is 0 Å². The van der Waals surface area contributed by atoms with Crippen molar-refractivity contribution in [2.45, 2.75) is 0 Å². The van der Waals surface area contributed by atoms with Crippen molar-refractivity contribution >= 4 is 20.6 Å². The first-order valence-electron chi connectivity index (χ1n) is 0.690. The minimum absolute atomic E-state index is 3.75. The van der Waals surface area contributed by atoms with E-state index in [4.69, 9.17) is 4.21 Å². The fourth-order valence-electron chi connectivity index (χ4n) is 0. The van der Waals surface area contributed by atoms with E-state index in [1.807, 2.05) is 0 Å². The maximum atomic E-state index is 10.3. The molecule has 1 nitrogen and oxygen atoms in total. The summed E-state index contributed by atoms with van der Waals surface area (Å²) in [4.78, 5) is 0. The molecule has 0 aliphatic heterocycles. The quantitative estimate of drug-likeness (QED) is 0.374. The number of hydrogen-bond acceptors (Lipinski definition) is 1. The van der Waals surface area contributed by atoms with Crippen molar-refractivity contribution in [1.29, 1.82) is 0 Å². The van der Waals surface area contributed by atoms with Gasteiger partial charge in [-0.15, -0.1) is 7.77 Å². The van der Waals surface area contributed by atoms with E-state index in [2.05, 4.69) is 10.7 Å². The van der Waals surface area contributed by atoms with Gasteiger partial charge in [-0.1, -0.05) is 0 Å². The van der Waals surface area contributed by atoms with Gasteiger partial charge in [-0.05, 0) is 0 Å². The van der Waals surface area contributed by atoms with Gasteiger partial charge in [-0.25, -0.2) is 4.21 Å². The van der Waals surface area contributed by atoms with Gasteiger partial charge in [0, 0.05) is 10.7 Å². The van der Waals surface area contributed by atoms with E-state index in [1.165, 1.54) is 0 Å². The molecule has 0 atom stereocenters. The summed E-state index contributed by atoms with van der Waals surface area (Å²) in [6.45, 7) is 0. The summed E-state index contributed by atoms with van der Waals surface area (Å²) in [5, 5.41) is 0. The lowest BCUT2D eigenvalue weighted by atomic mass is 16.0. The lowest BCUT2D eigenvalue weighted by molar-refractivity contribution is 0.594. The van der Waals surface area contributed by atoms with Crippen LogP contribution < -0.4 is 0 Å². The van der Waals surface area contributed by atoms with Gasteiger partial charge in [0.1, 0.15) is 0 Å². The second-order valence-electron chi connectivity index (χ2n) is 0.399. The third kappa shape index (κ3) is 253. The second-order valence-corrected chi connectivity index (χ2v) is 2.38. The normalized spacial score (nSPS) is 15.0. The highest BCUT2D eigenvalue weighted by Gasteiger charge is 1.95. The molecule has 5 heteroatoms. The minimum atomic E-state index is -5.17. The molecule has 0 fully saturated rings. The highest BCUT2D eigenvalue weighted by atomic mass is 35.7. The Morgan fingerprint density at radius 2 is 1.60 bits per heavy atom. The zero-order chi connectivity index (χ0) is 4.50. The molecule has 0 aromatic heterocycles. The molecule has 0 unspecified atom stereocenters. The Bertz CT molecular complexity index is 55.8. The molecule has 0 heterocycles. The first kappa shape index (κ1) is 5.30. The van der Waals surface area contributed by atoms with E-state index in [-0.39, 0.29) is 0 Å². The largest absolute Gasteiger partial charge is 0.223 e. The molecule has 5 heavy (non-hydrogen) atoms. The maximum absolute atomic E-state index is 10.3. The standard InChI is InChI=1S/ClF2HOS/c1-5(2,3)4/h5H. The van der Waals surface area contributed by atoms with Crippen molar-refractivity contribution in [1.82, 2.24) is 0 Å². The summed E-state index contributed by atoms with van der Waals surface area (Å²) in [7, 11) is -1.41. The molecular formula is HClF2OS. The van der Waals surface area contributed by atoms with Crippen molar-refractivity contribution < 1.29 is 12.0 Å². The summed E-state index contributed by atoms with van der Waals surface area (Å²) in [5.41, 5.74) is 0. The smallest absolute Gasteiger partial charge is 0.210 e. The Hall–Kier alpha value is 0.300. The van der Waals surface area contributed by atoms with Crippen LogP contribution in [0.1, 0.15) is 0 Å². The number of halogens is 3. The molecule has 0 saturated carbocycles. The summed E-state index contributed by atoms with van der Waals surface area (Å²) in [5.74, 6) is 0. The first-order valence-corrected chi connectivity index (χ1v) is 3.08. The van der Waals surface area contributed by atoms with Crippen LogP contribution in [0.4, 0.5) is 7.77 Å². The third-order valence-electron chi connectivity index (χ3n) is 0. The van der Waals surface area contributed by atoms with Crippen LogP contribution in [-0.4, -0.2) is 4.21 Å². The average molecular weight is 123 g/mol. The van der Waals surface area contributed by atoms with Crippen LogP contribution in [0.5, 0.6) is 0 Å². The van der Waals surface area contributed by atoms with Crippen molar-refractivity contribution in [3.05, 3.63) is 0 Å². The average Bonchev–Trinajstić information content (AvgIpc) is 0.722. The van der Waals surface area contributed by atoms with Crippen molar-refractivity contribution in [2.75, 3.05) is 0 Å². The van der Waals surface area contributed by atoms with E-state index < -0.39 is 9.92 Å². The predicted molar refractivity (Wildman–Crippen MR) is 17.6 cm³/mol. The lowest BCUT2D eigenvalue weighted by Gasteiger charge is -1.81. The van der Waals surface area contributed by atoms with Crippen LogP contribution in [0.3, 0.4) is 0 Å². The molecule has 0 aliphatic carbocycles. The van der Waals surface area contributed by atoms with Crippen molar-refractivity contribution in [3.8, 4) is 0 Å². The summed E-state index contributed by atoms with van der Waals surface area (Å²) < 4.78 is 29.3. The van der Waals surface area contributed by atoms with Gasteiger partial charge in [0.15, 0.2) is 0 Å².